The lowest BCUT2D eigenvalue weighted by Crippen LogP contribution is -2.39. The van der Waals surface area contributed by atoms with Crippen LogP contribution in [0, 0.1) is 0 Å². The van der Waals surface area contributed by atoms with Crippen molar-refractivity contribution in [2.24, 2.45) is 0 Å². The Hall–Kier alpha value is -2.47. The first-order chi connectivity index (χ1) is 11.6. The van der Waals surface area contributed by atoms with Crippen molar-refractivity contribution in [3.63, 3.8) is 0 Å². The molecule has 0 aliphatic heterocycles. The quantitative estimate of drug-likeness (QED) is 0.749. The first-order valence-electron chi connectivity index (χ1n) is 7.59. The zero-order chi connectivity index (χ0) is 17.4. The van der Waals surface area contributed by atoms with Gasteiger partial charge < -0.3 is 24.8 Å². The molecule has 0 heterocycles. The molecule has 24 heavy (non-hydrogen) atoms. The first-order valence-corrected chi connectivity index (χ1v) is 8.00. The fourth-order valence-electron chi connectivity index (χ4n) is 2.00. The van der Waals surface area contributed by atoms with Crippen LogP contribution >= 0.6 is 12.2 Å². The SMILES string of the molecule is COc1ccc(NC(=S)N[C@@H](C)COc2ccc(OC)cc2)cc1. The van der Waals surface area contributed by atoms with E-state index in [2.05, 4.69) is 10.6 Å². The molecule has 0 aliphatic carbocycles. The van der Waals surface area contributed by atoms with Crippen LogP contribution in [0.1, 0.15) is 6.92 Å². The number of thiocarbonyl (C=S) groups is 1. The van der Waals surface area contributed by atoms with Crippen LogP contribution in [0.2, 0.25) is 0 Å². The molecule has 6 heteroatoms. The Morgan fingerprint density at radius 2 is 1.42 bits per heavy atom. The molecule has 2 rings (SSSR count). The predicted octanol–water partition coefficient (Wildman–Crippen LogP) is 3.46. The third-order valence-corrected chi connectivity index (χ3v) is 3.50. The zero-order valence-corrected chi connectivity index (χ0v) is 14.9. The van der Waals surface area contributed by atoms with E-state index in [-0.39, 0.29) is 6.04 Å². The van der Waals surface area contributed by atoms with Crippen molar-refractivity contribution in [1.29, 1.82) is 0 Å². The lowest BCUT2D eigenvalue weighted by Gasteiger charge is -2.18. The van der Waals surface area contributed by atoms with Crippen molar-refractivity contribution in [1.82, 2.24) is 5.32 Å². The minimum absolute atomic E-state index is 0.0605. The molecule has 1 atom stereocenters. The summed E-state index contributed by atoms with van der Waals surface area (Å²) in [4.78, 5) is 0. The van der Waals surface area contributed by atoms with E-state index in [9.17, 15) is 0 Å². The number of benzene rings is 2. The normalized spacial score (nSPS) is 11.3. The van der Waals surface area contributed by atoms with E-state index in [1.807, 2.05) is 55.5 Å². The number of hydrogen-bond donors (Lipinski definition) is 2. The Balaban J connectivity index is 1.75. The molecule has 2 aromatic carbocycles. The van der Waals surface area contributed by atoms with E-state index >= 15 is 0 Å². The summed E-state index contributed by atoms with van der Waals surface area (Å²) >= 11 is 5.31. The maximum atomic E-state index is 5.73. The summed E-state index contributed by atoms with van der Waals surface area (Å²) in [5, 5.41) is 6.87. The molecule has 0 fully saturated rings. The van der Waals surface area contributed by atoms with Gasteiger partial charge in [-0.3, -0.25) is 0 Å². The van der Waals surface area contributed by atoms with Gasteiger partial charge in [-0.05, 0) is 67.7 Å². The number of anilines is 1. The molecule has 0 bridgehead atoms. The predicted molar refractivity (Wildman–Crippen MR) is 100 cm³/mol. The van der Waals surface area contributed by atoms with Gasteiger partial charge in [-0.1, -0.05) is 0 Å². The van der Waals surface area contributed by atoms with Crippen LogP contribution in [0.3, 0.4) is 0 Å². The van der Waals surface area contributed by atoms with E-state index in [1.54, 1.807) is 14.2 Å². The number of ether oxygens (including phenoxy) is 3. The molecule has 2 N–H and O–H groups in total. The maximum absolute atomic E-state index is 5.73. The largest absolute Gasteiger partial charge is 0.497 e. The number of hydrogen-bond acceptors (Lipinski definition) is 4. The van der Waals surface area contributed by atoms with Gasteiger partial charge in [-0.15, -0.1) is 0 Å². The summed E-state index contributed by atoms with van der Waals surface area (Å²) in [6.07, 6.45) is 0. The van der Waals surface area contributed by atoms with E-state index < -0.39 is 0 Å². The van der Waals surface area contributed by atoms with Gasteiger partial charge in [0.15, 0.2) is 5.11 Å². The first kappa shape index (κ1) is 17.9. The molecule has 0 amide bonds. The molecule has 0 aliphatic rings. The molecule has 0 saturated carbocycles. The molecule has 0 unspecified atom stereocenters. The van der Waals surface area contributed by atoms with Crippen LogP contribution in [-0.4, -0.2) is 32.0 Å². The minimum Gasteiger partial charge on any atom is -0.497 e. The van der Waals surface area contributed by atoms with Crippen LogP contribution in [0.15, 0.2) is 48.5 Å². The fourth-order valence-corrected chi connectivity index (χ4v) is 2.32. The Morgan fingerprint density at radius 3 is 1.96 bits per heavy atom. The van der Waals surface area contributed by atoms with E-state index in [0.717, 1.165) is 22.9 Å². The van der Waals surface area contributed by atoms with Crippen molar-refractivity contribution < 1.29 is 14.2 Å². The van der Waals surface area contributed by atoms with Gasteiger partial charge in [-0.2, -0.15) is 0 Å². The molecular weight excluding hydrogens is 324 g/mol. The van der Waals surface area contributed by atoms with Crippen molar-refractivity contribution >= 4 is 23.0 Å². The van der Waals surface area contributed by atoms with Gasteiger partial charge in [0.05, 0.1) is 20.3 Å². The van der Waals surface area contributed by atoms with Crippen molar-refractivity contribution in [3.05, 3.63) is 48.5 Å². The van der Waals surface area contributed by atoms with Gasteiger partial charge in [0.25, 0.3) is 0 Å². The van der Waals surface area contributed by atoms with Gasteiger partial charge in [0.2, 0.25) is 0 Å². The third-order valence-electron chi connectivity index (χ3n) is 3.28. The van der Waals surface area contributed by atoms with Crippen molar-refractivity contribution in [2.75, 3.05) is 26.1 Å². The third kappa shape index (κ3) is 5.62. The standard InChI is InChI=1S/C18H22N2O3S/c1-13(12-23-17-10-8-16(22-3)9-11-17)19-18(24)20-14-4-6-15(21-2)7-5-14/h4-11,13H,12H2,1-3H3,(H2,19,20,24)/t13-/m0/s1. The molecule has 0 aromatic heterocycles. The van der Waals surface area contributed by atoms with E-state index in [4.69, 9.17) is 26.4 Å². The van der Waals surface area contributed by atoms with Crippen molar-refractivity contribution in [2.45, 2.75) is 13.0 Å². The second kappa shape index (κ2) is 8.98. The topological polar surface area (TPSA) is 51.8 Å². The molecule has 0 spiro atoms. The average molecular weight is 346 g/mol. The highest BCUT2D eigenvalue weighted by Crippen LogP contribution is 2.17. The summed E-state index contributed by atoms with van der Waals surface area (Å²) < 4.78 is 16.0. The Bertz CT molecular complexity index is 644. The monoisotopic (exact) mass is 346 g/mol. The smallest absolute Gasteiger partial charge is 0.171 e. The summed E-state index contributed by atoms with van der Waals surface area (Å²) in [5.41, 5.74) is 0.900. The highest BCUT2D eigenvalue weighted by molar-refractivity contribution is 7.80. The second-order valence-electron chi connectivity index (χ2n) is 5.21. The van der Waals surface area contributed by atoms with Crippen LogP contribution < -0.4 is 24.8 Å². The van der Waals surface area contributed by atoms with Gasteiger partial charge >= 0.3 is 0 Å². The van der Waals surface area contributed by atoms with Crippen LogP contribution in [-0.2, 0) is 0 Å². The number of nitrogens with one attached hydrogen (secondary N) is 2. The molecule has 5 nitrogen and oxygen atoms in total. The molecule has 0 radical (unpaired) electrons. The lowest BCUT2D eigenvalue weighted by atomic mass is 10.3. The zero-order valence-electron chi connectivity index (χ0n) is 14.0. The summed E-state index contributed by atoms with van der Waals surface area (Å²) in [6, 6.07) is 15.1. The van der Waals surface area contributed by atoms with Crippen LogP contribution in [0.5, 0.6) is 17.2 Å². The van der Waals surface area contributed by atoms with Crippen molar-refractivity contribution in [3.8, 4) is 17.2 Å². The Kier molecular flexibility index (Phi) is 6.69. The number of methoxy groups -OCH3 is 2. The van der Waals surface area contributed by atoms with E-state index in [0.29, 0.717) is 11.7 Å². The Morgan fingerprint density at radius 1 is 0.917 bits per heavy atom. The minimum atomic E-state index is 0.0605. The highest BCUT2D eigenvalue weighted by atomic mass is 32.1. The summed E-state index contributed by atoms with van der Waals surface area (Å²) in [7, 11) is 3.28. The maximum Gasteiger partial charge on any atom is 0.171 e. The fraction of sp³-hybridized carbons (Fsp3) is 0.278. The molecular formula is C18H22N2O3S. The summed E-state index contributed by atoms with van der Waals surface area (Å²) in [6.45, 7) is 2.50. The molecule has 128 valence electrons. The van der Waals surface area contributed by atoms with E-state index in [1.165, 1.54) is 0 Å². The molecule has 0 saturated heterocycles. The Labute approximate surface area is 147 Å². The number of rotatable bonds is 7. The van der Waals surface area contributed by atoms with Gasteiger partial charge in [-0.25, -0.2) is 0 Å². The second-order valence-corrected chi connectivity index (χ2v) is 5.62. The molecule has 2 aromatic rings. The average Bonchev–Trinajstić information content (AvgIpc) is 2.61. The highest BCUT2D eigenvalue weighted by Gasteiger charge is 2.06. The lowest BCUT2D eigenvalue weighted by molar-refractivity contribution is 0.286. The summed E-state index contributed by atoms with van der Waals surface area (Å²) in [5.74, 6) is 2.40. The van der Waals surface area contributed by atoms with Gasteiger partial charge in [0.1, 0.15) is 23.9 Å². The van der Waals surface area contributed by atoms with Crippen LogP contribution in [0.4, 0.5) is 5.69 Å². The van der Waals surface area contributed by atoms with Gasteiger partial charge in [0, 0.05) is 5.69 Å². The van der Waals surface area contributed by atoms with Crippen LogP contribution in [0.25, 0.3) is 0 Å².